The number of nitrogens with zero attached hydrogens (tertiary/aromatic N) is 4. The Bertz CT molecular complexity index is 897. The Labute approximate surface area is 156 Å². The third-order valence-corrected chi connectivity index (χ3v) is 4.56. The zero-order valence-corrected chi connectivity index (χ0v) is 14.8. The first-order valence-electron chi connectivity index (χ1n) is 8.40. The van der Waals surface area contributed by atoms with Crippen molar-refractivity contribution in [2.75, 3.05) is 38.2 Å². The van der Waals surface area contributed by atoms with Gasteiger partial charge in [0.25, 0.3) is 11.6 Å². The molecule has 8 heteroatoms. The van der Waals surface area contributed by atoms with Gasteiger partial charge in [0.05, 0.1) is 23.3 Å². The highest BCUT2D eigenvalue weighted by Crippen LogP contribution is 2.26. The molecule has 138 valence electrons. The van der Waals surface area contributed by atoms with Crippen molar-refractivity contribution in [2.45, 2.75) is 0 Å². The molecular formula is C19H18N4O4. The number of carbonyl (C=O) groups is 1. The minimum atomic E-state index is -0.518. The summed E-state index contributed by atoms with van der Waals surface area (Å²) in [7, 11) is 1.57. The molecule has 2 aromatic rings. The highest BCUT2D eigenvalue weighted by molar-refractivity contribution is 5.94. The maximum Gasteiger partial charge on any atom is 0.270 e. The van der Waals surface area contributed by atoms with Crippen LogP contribution in [0.4, 0.5) is 11.4 Å². The van der Waals surface area contributed by atoms with Gasteiger partial charge in [-0.25, -0.2) is 0 Å². The number of ether oxygens (including phenoxy) is 1. The summed E-state index contributed by atoms with van der Waals surface area (Å²) in [4.78, 5) is 26.7. The van der Waals surface area contributed by atoms with Crippen LogP contribution >= 0.6 is 0 Å². The molecular weight excluding hydrogens is 348 g/mol. The van der Waals surface area contributed by atoms with E-state index in [1.807, 2.05) is 11.0 Å². The smallest absolute Gasteiger partial charge is 0.270 e. The van der Waals surface area contributed by atoms with Gasteiger partial charge in [-0.3, -0.25) is 14.9 Å². The quantitative estimate of drug-likeness (QED) is 0.609. The highest BCUT2D eigenvalue weighted by atomic mass is 16.6. The number of benzene rings is 2. The Balaban J connectivity index is 1.69. The van der Waals surface area contributed by atoms with Crippen molar-refractivity contribution in [3.8, 4) is 11.8 Å². The molecule has 3 rings (SSSR count). The van der Waals surface area contributed by atoms with Gasteiger partial charge in [0.2, 0.25) is 0 Å². The van der Waals surface area contributed by atoms with Crippen molar-refractivity contribution >= 4 is 17.3 Å². The molecule has 1 aliphatic rings. The van der Waals surface area contributed by atoms with E-state index in [4.69, 9.17) is 4.74 Å². The number of non-ortho nitro benzene ring substituents is 1. The summed E-state index contributed by atoms with van der Waals surface area (Å²) in [6, 6.07) is 13.3. The lowest BCUT2D eigenvalue weighted by Gasteiger charge is -2.36. The van der Waals surface area contributed by atoms with Crippen LogP contribution in [0.2, 0.25) is 0 Å². The van der Waals surface area contributed by atoms with Gasteiger partial charge in [-0.05, 0) is 30.3 Å². The number of piperazine rings is 1. The molecule has 0 unspecified atom stereocenters. The number of amides is 1. The second-order valence-electron chi connectivity index (χ2n) is 6.08. The highest BCUT2D eigenvalue weighted by Gasteiger charge is 2.24. The van der Waals surface area contributed by atoms with E-state index in [9.17, 15) is 20.2 Å². The average Bonchev–Trinajstić information content (AvgIpc) is 2.73. The molecule has 27 heavy (non-hydrogen) atoms. The maximum atomic E-state index is 12.6. The van der Waals surface area contributed by atoms with E-state index in [0.717, 1.165) is 0 Å². The number of methoxy groups -OCH3 is 1. The number of nitro benzene ring substituents is 1. The van der Waals surface area contributed by atoms with Crippen LogP contribution in [-0.4, -0.2) is 49.0 Å². The van der Waals surface area contributed by atoms with Crippen LogP contribution in [0.5, 0.6) is 5.75 Å². The fourth-order valence-corrected chi connectivity index (χ4v) is 3.07. The predicted octanol–water partition coefficient (Wildman–Crippen LogP) is 2.44. The first kappa shape index (κ1) is 18.2. The first-order valence-corrected chi connectivity index (χ1v) is 8.40. The van der Waals surface area contributed by atoms with E-state index in [1.54, 1.807) is 42.3 Å². The van der Waals surface area contributed by atoms with Gasteiger partial charge in [0.15, 0.2) is 0 Å². The minimum Gasteiger partial charge on any atom is -0.497 e. The van der Waals surface area contributed by atoms with Crippen molar-refractivity contribution < 1.29 is 14.5 Å². The van der Waals surface area contributed by atoms with Crippen molar-refractivity contribution in [3.63, 3.8) is 0 Å². The molecule has 2 aromatic carbocycles. The van der Waals surface area contributed by atoms with Crippen molar-refractivity contribution in [2.24, 2.45) is 0 Å². The molecule has 0 spiro atoms. The Morgan fingerprint density at radius 1 is 1.15 bits per heavy atom. The second kappa shape index (κ2) is 7.74. The Hall–Kier alpha value is -3.60. The molecule has 0 N–H and O–H groups in total. The molecule has 0 aliphatic carbocycles. The Morgan fingerprint density at radius 2 is 1.81 bits per heavy atom. The number of hydrogen-bond acceptors (Lipinski definition) is 6. The van der Waals surface area contributed by atoms with E-state index >= 15 is 0 Å². The van der Waals surface area contributed by atoms with Gasteiger partial charge in [-0.2, -0.15) is 5.26 Å². The largest absolute Gasteiger partial charge is 0.497 e. The lowest BCUT2D eigenvalue weighted by molar-refractivity contribution is -0.384. The number of anilines is 1. The molecule has 1 amide bonds. The standard InChI is InChI=1S/C19H18N4O4/c1-27-17-5-2-14(3-6-17)19(24)22-10-8-21(9-11-22)18-7-4-16(23(25)26)12-15(18)13-20/h2-7,12H,8-11H2,1H3. The summed E-state index contributed by atoms with van der Waals surface area (Å²) in [6.07, 6.45) is 0. The fourth-order valence-electron chi connectivity index (χ4n) is 3.07. The van der Waals surface area contributed by atoms with E-state index in [1.165, 1.54) is 12.1 Å². The third kappa shape index (κ3) is 3.82. The van der Waals surface area contributed by atoms with Gasteiger partial charge in [0.1, 0.15) is 11.8 Å². The SMILES string of the molecule is COc1ccc(C(=O)N2CCN(c3ccc([N+](=O)[O-])cc3C#N)CC2)cc1. The van der Waals surface area contributed by atoms with Gasteiger partial charge >= 0.3 is 0 Å². The lowest BCUT2D eigenvalue weighted by Crippen LogP contribution is -2.49. The van der Waals surface area contributed by atoms with Gasteiger partial charge < -0.3 is 14.5 Å². The minimum absolute atomic E-state index is 0.0542. The van der Waals surface area contributed by atoms with Crippen molar-refractivity contribution in [3.05, 3.63) is 63.7 Å². The fraction of sp³-hybridized carbons (Fsp3) is 0.263. The Morgan fingerprint density at radius 3 is 2.37 bits per heavy atom. The number of hydrogen-bond donors (Lipinski definition) is 0. The van der Waals surface area contributed by atoms with E-state index < -0.39 is 4.92 Å². The van der Waals surface area contributed by atoms with Crippen LogP contribution in [0.3, 0.4) is 0 Å². The summed E-state index contributed by atoms with van der Waals surface area (Å²) in [5.74, 6) is 0.639. The molecule has 1 aliphatic heterocycles. The number of nitro groups is 1. The number of rotatable bonds is 4. The van der Waals surface area contributed by atoms with Crippen LogP contribution < -0.4 is 9.64 Å². The summed E-state index contributed by atoms with van der Waals surface area (Å²) >= 11 is 0. The third-order valence-electron chi connectivity index (χ3n) is 4.56. The van der Waals surface area contributed by atoms with Gasteiger partial charge in [0, 0.05) is 43.9 Å². The monoisotopic (exact) mass is 366 g/mol. The maximum absolute atomic E-state index is 12.6. The predicted molar refractivity (Wildman–Crippen MR) is 98.9 cm³/mol. The average molecular weight is 366 g/mol. The van der Waals surface area contributed by atoms with Crippen LogP contribution in [0.25, 0.3) is 0 Å². The molecule has 8 nitrogen and oxygen atoms in total. The van der Waals surface area contributed by atoms with Crippen LogP contribution in [0.1, 0.15) is 15.9 Å². The van der Waals surface area contributed by atoms with Crippen LogP contribution in [0, 0.1) is 21.4 Å². The normalized spacial score (nSPS) is 13.8. The molecule has 0 atom stereocenters. The molecule has 0 radical (unpaired) electrons. The number of carbonyl (C=O) groups excluding carboxylic acids is 1. The van der Waals surface area contributed by atoms with Gasteiger partial charge in [-0.15, -0.1) is 0 Å². The first-order chi connectivity index (χ1) is 13.0. The van der Waals surface area contributed by atoms with E-state index in [0.29, 0.717) is 43.2 Å². The van der Waals surface area contributed by atoms with E-state index in [-0.39, 0.29) is 17.2 Å². The lowest BCUT2D eigenvalue weighted by atomic mass is 10.1. The molecule has 0 bridgehead atoms. The molecule has 1 fully saturated rings. The van der Waals surface area contributed by atoms with Gasteiger partial charge in [-0.1, -0.05) is 0 Å². The van der Waals surface area contributed by atoms with E-state index in [2.05, 4.69) is 0 Å². The molecule has 1 heterocycles. The second-order valence-corrected chi connectivity index (χ2v) is 6.08. The number of nitriles is 1. The summed E-state index contributed by atoms with van der Waals surface area (Å²) in [5.41, 5.74) is 1.40. The molecule has 0 saturated carbocycles. The van der Waals surface area contributed by atoms with Crippen LogP contribution in [0.15, 0.2) is 42.5 Å². The molecule has 0 aromatic heterocycles. The summed E-state index contributed by atoms with van der Waals surface area (Å²) in [5, 5.41) is 20.2. The van der Waals surface area contributed by atoms with Crippen LogP contribution in [-0.2, 0) is 0 Å². The zero-order chi connectivity index (χ0) is 19.4. The zero-order valence-electron chi connectivity index (χ0n) is 14.8. The molecule has 1 saturated heterocycles. The van der Waals surface area contributed by atoms with Crippen molar-refractivity contribution in [1.29, 1.82) is 5.26 Å². The topological polar surface area (TPSA) is 99.7 Å². The van der Waals surface area contributed by atoms with Crippen molar-refractivity contribution in [1.82, 2.24) is 4.90 Å². The summed E-state index contributed by atoms with van der Waals surface area (Å²) in [6.45, 7) is 2.11. The summed E-state index contributed by atoms with van der Waals surface area (Å²) < 4.78 is 5.10. The Kier molecular flexibility index (Phi) is 5.22.